The zero-order valence-corrected chi connectivity index (χ0v) is 12.0. The van der Waals surface area contributed by atoms with Crippen molar-refractivity contribution in [1.82, 2.24) is 0 Å². The number of halogens is 1. The molecule has 20 heavy (non-hydrogen) atoms. The van der Waals surface area contributed by atoms with E-state index < -0.39 is 0 Å². The minimum atomic E-state index is -0.270. The van der Waals surface area contributed by atoms with Crippen LogP contribution in [0.15, 0.2) is 48.5 Å². The fourth-order valence-corrected chi connectivity index (χ4v) is 2.18. The Bertz CT molecular complexity index is 555. The highest BCUT2D eigenvalue weighted by Gasteiger charge is 2.18. The van der Waals surface area contributed by atoms with Gasteiger partial charge in [0.05, 0.1) is 6.61 Å². The molecule has 0 aliphatic rings. The van der Waals surface area contributed by atoms with Gasteiger partial charge in [0.2, 0.25) is 0 Å². The van der Waals surface area contributed by atoms with Crippen molar-refractivity contribution in [1.29, 1.82) is 0 Å². The lowest BCUT2D eigenvalue weighted by atomic mass is 10.0. The minimum Gasteiger partial charge on any atom is -0.484 e. The summed E-state index contributed by atoms with van der Waals surface area (Å²) in [5, 5.41) is 9.69. The third-order valence-electron chi connectivity index (χ3n) is 3.02. The summed E-state index contributed by atoms with van der Waals surface area (Å²) in [7, 11) is 0. The van der Waals surface area contributed by atoms with Crippen LogP contribution in [0.1, 0.15) is 24.2 Å². The summed E-state index contributed by atoms with van der Waals surface area (Å²) >= 11 is 6.01. The number of benzene rings is 2. The average molecular weight is 292 g/mol. The fraction of sp³-hybridized carbons (Fsp3) is 0.250. The molecular weight excluding hydrogens is 274 g/mol. The van der Waals surface area contributed by atoms with E-state index in [1.165, 1.54) is 0 Å². The Morgan fingerprint density at radius 1 is 1.20 bits per heavy atom. The van der Waals surface area contributed by atoms with Gasteiger partial charge in [-0.15, -0.1) is 0 Å². The van der Waals surface area contributed by atoms with E-state index >= 15 is 0 Å². The Morgan fingerprint density at radius 3 is 2.45 bits per heavy atom. The lowest BCUT2D eigenvalue weighted by molar-refractivity contribution is 0.180. The van der Waals surface area contributed by atoms with Gasteiger partial charge < -0.3 is 15.6 Å². The van der Waals surface area contributed by atoms with Crippen molar-refractivity contribution in [3.63, 3.8) is 0 Å². The van der Waals surface area contributed by atoms with Gasteiger partial charge in [-0.2, -0.15) is 0 Å². The van der Waals surface area contributed by atoms with Crippen LogP contribution < -0.4 is 10.5 Å². The van der Waals surface area contributed by atoms with Crippen molar-refractivity contribution in [3.05, 3.63) is 64.7 Å². The van der Waals surface area contributed by atoms with Gasteiger partial charge in [0.15, 0.2) is 0 Å². The molecule has 0 bridgehead atoms. The summed E-state index contributed by atoms with van der Waals surface area (Å²) < 4.78 is 5.95. The molecule has 3 N–H and O–H groups in total. The maximum absolute atomic E-state index is 9.03. The van der Waals surface area contributed by atoms with E-state index in [9.17, 15) is 0 Å². The number of aliphatic hydroxyl groups excluding tert-OH is 1. The molecule has 0 spiro atoms. The highest BCUT2D eigenvalue weighted by molar-refractivity contribution is 6.30. The van der Waals surface area contributed by atoms with Gasteiger partial charge in [-0.25, -0.2) is 0 Å². The molecule has 0 amide bonds. The van der Waals surface area contributed by atoms with Gasteiger partial charge in [0.25, 0.3) is 0 Å². The van der Waals surface area contributed by atoms with Gasteiger partial charge >= 0.3 is 0 Å². The van der Waals surface area contributed by atoms with Gasteiger partial charge in [-0.05, 0) is 42.3 Å². The lowest BCUT2D eigenvalue weighted by Crippen LogP contribution is -2.29. The number of aliphatic hydroxyl groups is 1. The van der Waals surface area contributed by atoms with Crippen LogP contribution in [0.3, 0.4) is 0 Å². The highest BCUT2D eigenvalue weighted by atomic mass is 35.5. The van der Waals surface area contributed by atoms with Crippen molar-refractivity contribution in [3.8, 4) is 5.75 Å². The number of rotatable bonds is 5. The maximum atomic E-state index is 9.03. The predicted octanol–water partition coefficient (Wildman–Crippen LogP) is 3.30. The van der Waals surface area contributed by atoms with Gasteiger partial charge in [-0.1, -0.05) is 35.9 Å². The smallest absolute Gasteiger partial charge is 0.138 e. The van der Waals surface area contributed by atoms with Gasteiger partial charge in [-0.3, -0.25) is 0 Å². The number of hydrogen-bond acceptors (Lipinski definition) is 3. The largest absolute Gasteiger partial charge is 0.484 e. The number of ether oxygens (including phenoxy) is 1. The maximum Gasteiger partial charge on any atom is 0.138 e. The molecule has 2 aromatic carbocycles. The normalized spacial score (nSPS) is 13.8. The molecule has 0 radical (unpaired) electrons. The Kier molecular flexibility index (Phi) is 5.01. The highest BCUT2D eigenvalue weighted by Crippen LogP contribution is 2.26. The van der Waals surface area contributed by atoms with Crippen LogP contribution >= 0.6 is 11.6 Å². The molecule has 4 heteroatoms. The zero-order valence-electron chi connectivity index (χ0n) is 11.3. The summed E-state index contributed by atoms with van der Waals surface area (Å²) in [5.74, 6) is 0.712. The monoisotopic (exact) mass is 291 g/mol. The molecule has 0 heterocycles. The molecule has 0 saturated heterocycles. The van der Waals surface area contributed by atoms with E-state index in [0.29, 0.717) is 10.8 Å². The van der Waals surface area contributed by atoms with Crippen molar-refractivity contribution >= 4 is 11.6 Å². The summed E-state index contributed by atoms with van der Waals surface area (Å²) in [5.41, 5.74) is 7.80. The molecule has 2 atom stereocenters. The molecular formula is C16H18ClNO2. The summed E-state index contributed by atoms with van der Waals surface area (Å²) in [6.45, 7) is 1.92. The molecule has 3 nitrogen and oxygen atoms in total. The van der Waals surface area contributed by atoms with Crippen molar-refractivity contribution < 1.29 is 9.84 Å². The Morgan fingerprint density at radius 2 is 1.90 bits per heavy atom. The summed E-state index contributed by atoms with van der Waals surface area (Å²) in [6, 6.07) is 14.6. The molecule has 2 unspecified atom stereocenters. The van der Waals surface area contributed by atoms with Crippen LogP contribution in [-0.2, 0) is 6.61 Å². The number of nitrogens with two attached hydrogens (primary N) is 1. The van der Waals surface area contributed by atoms with Crippen LogP contribution in [0.2, 0.25) is 5.02 Å². The third-order valence-corrected chi connectivity index (χ3v) is 3.26. The molecule has 0 aliphatic carbocycles. The average Bonchev–Trinajstić information content (AvgIpc) is 2.45. The minimum absolute atomic E-state index is 0.0191. The summed E-state index contributed by atoms with van der Waals surface area (Å²) in [6.07, 6.45) is -0.270. The van der Waals surface area contributed by atoms with Crippen LogP contribution in [-0.4, -0.2) is 11.1 Å². The standard InChI is InChI=1S/C16H18ClNO2/c1-11(18)16(13-3-2-4-14(17)9-13)20-15-7-5-12(10-19)6-8-15/h2-9,11,16,19H,10,18H2,1H3. The first-order valence-corrected chi connectivity index (χ1v) is 6.85. The van der Waals surface area contributed by atoms with Crippen molar-refractivity contribution in [2.45, 2.75) is 25.7 Å². The predicted molar refractivity (Wildman–Crippen MR) is 80.8 cm³/mol. The van der Waals surface area contributed by atoms with E-state index in [2.05, 4.69) is 0 Å². The molecule has 106 valence electrons. The second-order valence-electron chi connectivity index (χ2n) is 4.75. The third kappa shape index (κ3) is 3.73. The van der Waals surface area contributed by atoms with Crippen molar-refractivity contribution in [2.75, 3.05) is 0 Å². The first kappa shape index (κ1) is 14.9. The first-order chi connectivity index (χ1) is 9.60. The van der Waals surface area contributed by atoms with Crippen molar-refractivity contribution in [2.24, 2.45) is 5.73 Å². The first-order valence-electron chi connectivity index (χ1n) is 6.47. The van der Waals surface area contributed by atoms with Crippen LogP contribution in [0, 0.1) is 0 Å². The van der Waals surface area contributed by atoms with Crippen LogP contribution in [0.4, 0.5) is 0 Å². The van der Waals surface area contributed by atoms with Gasteiger partial charge in [0.1, 0.15) is 11.9 Å². The molecule has 0 aromatic heterocycles. The van der Waals surface area contributed by atoms with E-state index in [-0.39, 0.29) is 18.8 Å². The van der Waals surface area contributed by atoms with Gasteiger partial charge in [0, 0.05) is 11.1 Å². The molecule has 2 rings (SSSR count). The Labute approximate surface area is 123 Å². The van der Waals surface area contributed by atoms with E-state index in [0.717, 1.165) is 11.1 Å². The van der Waals surface area contributed by atoms with E-state index in [1.807, 2.05) is 55.5 Å². The number of hydrogen-bond donors (Lipinski definition) is 2. The Balaban J connectivity index is 2.21. The SMILES string of the molecule is CC(N)C(Oc1ccc(CO)cc1)c1cccc(Cl)c1. The Hall–Kier alpha value is -1.55. The summed E-state index contributed by atoms with van der Waals surface area (Å²) in [4.78, 5) is 0. The molecule has 0 aliphatic heterocycles. The lowest BCUT2D eigenvalue weighted by Gasteiger charge is -2.23. The molecule has 2 aromatic rings. The van der Waals surface area contributed by atoms with E-state index in [4.69, 9.17) is 27.2 Å². The van der Waals surface area contributed by atoms with E-state index in [1.54, 1.807) is 0 Å². The van der Waals surface area contributed by atoms with Crippen LogP contribution in [0.5, 0.6) is 5.75 Å². The fourth-order valence-electron chi connectivity index (χ4n) is 1.98. The topological polar surface area (TPSA) is 55.5 Å². The quantitative estimate of drug-likeness (QED) is 0.889. The second-order valence-corrected chi connectivity index (χ2v) is 5.19. The second kappa shape index (κ2) is 6.75. The van der Waals surface area contributed by atoms with Crippen LogP contribution in [0.25, 0.3) is 0 Å². The molecule has 0 fully saturated rings. The molecule has 0 saturated carbocycles. The zero-order chi connectivity index (χ0) is 14.5.